The molecule has 1 aliphatic heterocycles. The molecule has 3 aromatic rings. The lowest BCUT2D eigenvalue weighted by Crippen LogP contribution is -2.31. The fourth-order valence-electron chi connectivity index (χ4n) is 3.74. The van der Waals surface area contributed by atoms with Crippen LogP contribution in [0.25, 0.3) is 0 Å². The van der Waals surface area contributed by atoms with Gasteiger partial charge in [0.25, 0.3) is 0 Å². The fourth-order valence-corrected chi connectivity index (χ4v) is 3.74. The Morgan fingerprint density at radius 1 is 0.720 bits per heavy atom. The zero-order valence-corrected chi connectivity index (χ0v) is 14.3. The summed E-state index contributed by atoms with van der Waals surface area (Å²) in [6, 6.07) is 24.3. The lowest BCUT2D eigenvalue weighted by atomic mass is 9.73. The highest BCUT2D eigenvalue weighted by Gasteiger charge is 2.36. The van der Waals surface area contributed by atoms with Crippen LogP contribution in [0.2, 0.25) is 0 Å². The van der Waals surface area contributed by atoms with Gasteiger partial charge in [-0.05, 0) is 40.9 Å². The Kier molecular flexibility index (Phi) is 3.67. The fraction of sp³-hybridized carbons (Fsp3) is 0.143. The Hall–Kier alpha value is -2.56. The molecule has 4 rings (SSSR count). The van der Waals surface area contributed by atoms with E-state index in [-0.39, 0.29) is 5.41 Å². The summed E-state index contributed by atoms with van der Waals surface area (Å²) in [6.45, 7) is 4.51. The number of hydrogen-bond acceptors (Lipinski definition) is 3. The van der Waals surface area contributed by atoms with Crippen LogP contribution >= 0.6 is 0 Å². The molecule has 1 aliphatic rings. The normalized spacial score (nSPS) is 14.6. The first-order valence-electron chi connectivity index (χ1n) is 8.45. The van der Waals surface area contributed by atoms with Crippen LogP contribution in [0.5, 0.6) is 0 Å². The van der Waals surface area contributed by atoms with Crippen LogP contribution < -0.4 is 10.4 Å². The average molecular weight is 329 g/mol. The van der Waals surface area contributed by atoms with Gasteiger partial charge in [-0.1, -0.05) is 62.4 Å². The van der Waals surface area contributed by atoms with Crippen molar-refractivity contribution in [1.29, 1.82) is 0 Å². The Morgan fingerprint density at radius 3 is 1.68 bits per heavy atom. The van der Waals surface area contributed by atoms with E-state index in [1.165, 1.54) is 11.1 Å². The zero-order valence-electron chi connectivity index (χ0n) is 14.3. The molecule has 1 heterocycles. The van der Waals surface area contributed by atoms with Crippen molar-refractivity contribution in [2.45, 2.75) is 19.3 Å². The van der Waals surface area contributed by atoms with E-state index < -0.39 is 7.12 Å². The van der Waals surface area contributed by atoms with Crippen molar-refractivity contribution >= 4 is 29.6 Å². The molecule has 124 valence electrons. The number of fused-ring (bicyclic) bond motifs is 2. The monoisotopic (exact) mass is 329 g/mol. The molecular weight excluding hydrogens is 309 g/mol. The number of hydrogen-bond donors (Lipinski definition) is 2. The predicted molar refractivity (Wildman–Crippen MR) is 103 cm³/mol. The molecule has 0 aliphatic carbocycles. The van der Waals surface area contributed by atoms with Crippen LogP contribution in [0.15, 0.2) is 72.8 Å². The first-order chi connectivity index (χ1) is 12.0. The van der Waals surface area contributed by atoms with Gasteiger partial charge in [-0.25, -0.2) is 0 Å². The maximum Gasteiger partial charge on any atom is 0.488 e. The van der Waals surface area contributed by atoms with E-state index in [0.29, 0.717) is 5.46 Å². The third-order valence-corrected chi connectivity index (χ3v) is 5.09. The van der Waals surface area contributed by atoms with Crippen molar-refractivity contribution in [1.82, 2.24) is 0 Å². The van der Waals surface area contributed by atoms with Gasteiger partial charge in [0.15, 0.2) is 0 Å². The SMILES string of the molecule is CC1(C)c2ccccc2N(c2ccc(B(O)O)cc2)c2ccccc21. The van der Waals surface area contributed by atoms with Gasteiger partial charge >= 0.3 is 7.12 Å². The topological polar surface area (TPSA) is 43.7 Å². The smallest absolute Gasteiger partial charge is 0.423 e. The van der Waals surface area contributed by atoms with Crippen molar-refractivity contribution in [2.24, 2.45) is 0 Å². The maximum atomic E-state index is 9.35. The average Bonchev–Trinajstić information content (AvgIpc) is 2.62. The molecule has 0 saturated carbocycles. The molecule has 0 bridgehead atoms. The number of anilines is 3. The lowest BCUT2D eigenvalue weighted by Gasteiger charge is -2.42. The first-order valence-corrected chi connectivity index (χ1v) is 8.45. The Morgan fingerprint density at radius 2 is 1.20 bits per heavy atom. The summed E-state index contributed by atoms with van der Waals surface area (Å²) in [5.41, 5.74) is 6.28. The lowest BCUT2D eigenvalue weighted by molar-refractivity contribution is 0.426. The summed E-state index contributed by atoms with van der Waals surface area (Å²) in [4.78, 5) is 2.24. The minimum atomic E-state index is -1.45. The molecule has 0 unspecified atom stereocenters. The first kappa shape index (κ1) is 15.9. The number of nitrogens with zero attached hydrogens (tertiary/aromatic N) is 1. The van der Waals surface area contributed by atoms with Crippen LogP contribution in [-0.2, 0) is 5.41 Å². The van der Waals surface area contributed by atoms with Gasteiger partial charge in [0.05, 0.1) is 11.4 Å². The third-order valence-electron chi connectivity index (χ3n) is 5.09. The van der Waals surface area contributed by atoms with Gasteiger partial charge in [-0.15, -0.1) is 0 Å². The minimum absolute atomic E-state index is 0.0785. The van der Waals surface area contributed by atoms with Crippen LogP contribution in [0, 0.1) is 0 Å². The second-order valence-corrected chi connectivity index (χ2v) is 6.96. The van der Waals surface area contributed by atoms with E-state index in [9.17, 15) is 10.0 Å². The van der Waals surface area contributed by atoms with Crippen molar-refractivity contribution < 1.29 is 10.0 Å². The minimum Gasteiger partial charge on any atom is -0.423 e. The quantitative estimate of drug-likeness (QED) is 0.708. The van der Waals surface area contributed by atoms with Gasteiger partial charge in [-0.3, -0.25) is 0 Å². The summed E-state index contributed by atoms with van der Waals surface area (Å²) in [7, 11) is -1.45. The molecule has 4 heteroatoms. The molecule has 3 aromatic carbocycles. The highest BCUT2D eigenvalue weighted by atomic mass is 16.4. The van der Waals surface area contributed by atoms with Crippen LogP contribution in [0.1, 0.15) is 25.0 Å². The molecule has 0 amide bonds. The molecule has 0 radical (unpaired) electrons. The second kappa shape index (κ2) is 5.76. The molecule has 2 N–H and O–H groups in total. The van der Waals surface area contributed by atoms with Crippen molar-refractivity contribution in [3.8, 4) is 0 Å². The standard InChI is InChI=1S/C21H20BNO2/c1-21(2)17-7-3-5-9-19(17)23(20-10-6-4-8-18(20)21)16-13-11-15(12-14-16)22(24)25/h3-14,24-25H,1-2H3. The van der Waals surface area contributed by atoms with Gasteiger partial charge in [0.1, 0.15) is 0 Å². The Balaban J connectivity index is 1.94. The maximum absolute atomic E-state index is 9.35. The van der Waals surface area contributed by atoms with Crippen molar-refractivity contribution in [3.63, 3.8) is 0 Å². The third kappa shape index (κ3) is 2.46. The summed E-state index contributed by atoms with van der Waals surface area (Å²) < 4.78 is 0. The summed E-state index contributed by atoms with van der Waals surface area (Å²) in [5.74, 6) is 0. The van der Waals surface area contributed by atoms with E-state index in [1.807, 2.05) is 12.1 Å². The molecule has 0 atom stereocenters. The summed E-state index contributed by atoms with van der Waals surface area (Å²) in [5, 5.41) is 18.7. The van der Waals surface area contributed by atoms with Gasteiger partial charge in [-0.2, -0.15) is 0 Å². The van der Waals surface area contributed by atoms with E-state index in [2.05, 4.69) is 67.3 Å². The highest BCUT2D eigenvalue weighted by Crippen LogP contribution is 2.51. The summed E-state index contributed by atoms with van der Waals surface area (Å²) in [6.07, 6.45) is 0. The molecule has 0 spiro atoms. The number of benzene rings is 3. The molecule has 0 aromatic heterocycles. The highest BCUT2D eigenvalue weighted by molar-refractivity contribution is 6.58. The second-order valence-electron chi connectivity index (χ2n) is 6.96. The molecule has 0 saturated heterocycles. The van der Waals surface area contributed by atoms with Gasteiger partial charge in [0, 0.05) is 11.1 Å². The molecule has 0 fully saturated rings. The van der Waals surface area contributed by atoms with Crippen LogP contribution in [0.4, 0.5) is 17.1 Å². The van der Waals surface area contributed by atoms with E-state index in [4.69, 9.17) is 0 Å². The van der Waals surface area contributed by atoms with E-state index >= 15 is 0 Å². The predicted octanol–water partition coefficient (Wildman–Crippen LogP) is 3.48. The molecule has 3 nitrogen and oxygen atoms in total. The van der Waals surface area contributed by atoms with Crippen molar-refractivity contribution in [2.75, 3.05) is 4.90 Å². The molecule has 25 heavy (non-hydrogen) atoms. The number of rotatable bonds is 2. The summed E-state index contributed by atoms with van der Waals surface area (Å²) >= 11 is 0. The molecular formula is C21H20BNO2. The van der Waals surface area contributed by atoms with Crippen molar-refractivity contribution in [3.05, 3.63) is 83.9 Å². The number of para-hydroxylation sites is 2. The van der Waals surface area contributed by atoms with E-state index in [1.54, 1.807) is 12.1 Å². The zero-order chi connectivity index (χ0) is 17.6. The van der Waals surface area contributed by atoms with Gasteiger partial charge in [0.2, 0.25) is 0 Å². The Bertz CT molecular complexity index is 870. The Labute approximate surface area is 148 Å². The van der Waals surface area contributed by atoms with Gasteiger partial charge < -0.3 is 14.9 Å². The largest absolute Gasteiger partial charge is 0.488 e. The van der Waals surface area contributed by atoms with E-state index in [0.717, 1.165) is 17.1 Å². The van der Waals surface area contributed by atoms with Crippen LogP contribution in [-0.4, -0.2) is 17.2 Å². The van der Waals surface area contributed by atoms with Crippen LogP contribution in [0.3, 0.4) is 0 Å².